The summed E-state index contributed by atoms with van der Waals surface area (Å²) in [4.78, 5) is 4.71. The summed E-state index contributed by atoms with van der Waals surface area (Å²) in [6.45, 7) is 4.53. The van der Waals surface area contributed by atoms with Gasteiger partial charge >= 0.3 is 0 Å². The van der Waals surface area contributed by atoms with Gasteiger partial charge in [0.25, 0.3) is 0 Å². The monoisotopic (exact) mass is 916 g/mol. The molecule has 0 amide bonds. The number of hydrogen-bond donors (Lipinski definition) is 0. The zero-order chi connectivity index (χ0) is 41.0. The lowest BCUT2D eigenvalue weighted by atomic mass is 10.0. The number of nitrogens with zero attached hydrogens (tertiary/aromatic N) is 2. The molecule has 0 N–H and O–H groups in total. The van der Waals surface area contributed by atoms with E-state index in [1.807, 2.05) is 12.1 Å². The van der Waals surface area contributed by atoms with Crippen LogP contribution in [0.2, 0.25) is 0 Å². The number of aryl methyl sites for hydroxylation is 2. The molecule has 0 atom stereocenters. The number of furan rings is 2. The molecule has 4 nitrogen and oxygen atoms in total. The first-order valence-electron chi connectivity index (χ1n) is 21.6. The van der Waals surface area contributed by atoms with Gasteiger partial charge < -0.3 is 18.6 Å². The van der Waals surface area contributed by atoms with Gasteiger partial charge in [-0.05, 0) is 122 Å². The second-order valence-corrected chi connectivity index (χ2v) is 17.6. The van der Waals surface area contributed by atoms with Gasteiger partial charge in [0.05, 0.1) is 11.4 Å². The fraction of sp³-hybridized carbons (Fsp3) is 0.222. The molecule has 0 saturated heterocycles. The molecule has 0 bridgehead atoms. The zero-order valence-electron chi connectivity index (χ0n) is 34.4. The molecule has 60 heavy (non-hydrogen) atoms. The quantitative estimate of drug-likeness (QED) is 0.0904. The summed E-state index contributed by atoms with van der Waals surface area (Å²) in [5, 5.41) is 4.44. The maximum absolute atomic E-state index is 6.69. The lowest BCUT2D eigenvalue weighted by Gasteiger charge is -2.29. The van der Waals surface area contributed by atoms with E-state index in [1.165, 1.54) is 49.7 Å². The first-order valence-corrected chi connectivity index (χ1v) is 23.2. The summed E-state index contributed by atoms with van der Waals surface area (Å²) in [6.07, 6.45) is 11.8. The summed E-state index contributed by atoms with van der Waals surface area (Å²) >= 11 is 7.80. The van der Waals surface area contributed by atoms with E-state index in [0.717, 1.165) is 113 Å². The van der Waals surface area contributed by atoms with Crippen LogP contribution in [-0.2, 0) is 12.8 Å². The van der Waals surface area contributed by atoms with Crippen LogP contribution in [0.4, 0.5) is 34.1 Å². The van der Waals surface area contributed by atoms with Crippen LogP contribution in [0.5, 0.6) is 0 Å². The van der Waals surface area contributed by atoms with E-state index in [1.54, 1.807) is 0 Å². The molecule has 7 aromatic carbocycles. The van der Waals surface area contributed by atoms with Crippen molar-refractivity contribution in [2.24, 2.45) is 0 Å². The lowest BCUT2D eigenvalue weighted by molar-refractivity contribution is 0.666. The molecule has 9 aromatic rings. The van der Waals surface area contributed by atoms with Gasteiger partial charge in [-0.1, -0.05) is 145 Å². The molecule has 0 aliphatic carbocycles. The third-order valence-corrected chi connectivity index (χ3v) is 13.3. The summed E-state index contributed by atoms with van der Waals surface area (Å²) in [7, 11) is 0. The predicted molar refractivity (Wildman–Crippen MR) is 261 cm³/mol. The van der Waals surface area contributed by atoms with E-state index >= 15 is 0 Å². The van der Waals surface area contributed by atoms with Crippen molar-refractivity contribution in [2.45, 2.75) is 78.1 Å². The molecule has 9 rings (SSSR count). The summed E-state index contributed by atoms with van der Waals surface area (Å²) in [5.41, 5.74) is 12.4. The van der Waals surface area contributed by atoms with Gasteiger partial charge in [-0.25, -0.2) is 0 Å². The second kappa shape index (κ2) is 18.1. The minimum Gasteiger partial charge on any atom is -0.454 e. The molecule has 0 aliphatic heterocycles. The number of fused-ring (bicyclic) bond motifs is 6. The Labute approximate surface area is 370 Å². The highest BCUT2D eigenvalue weighted by Crippen LogP contribution is 2.46. The Morgan fingerprint density at radius 1 is 0.400 bits per heavy atom. The number of anilines is 6. The Kier molecular flexibility index (Phi) is 12.1. The number of rotatable bonds is 16. The minimum atomic E-state index is 0.870. The Hall–Kier alpha value is -5.30. The number of para-hydroxylation sites is 4. The molecule has 0 saturated carbocycles. The van der Waals surface area contributed by atoms with Crippen molar-refractivity contribution >= 4 is 110 Å². The summed E-state index contributed by atoms with van der Waals surface area (Å²) in [5.74, 6) is 0. The molecule has 0 unspecified atom stereocenters. The van der Waals surface area contributed by atoms with Crippen LogP contribution >= 0.6 is 31.9 Å². The van der Waals surface area contributed by atoms with Crippen LogP contribution in [0.15, 0.2) is 163 Å². The van der Waals surface area contributed by atoms with Gasteiger partial charge in [0.15, 0.2) is 11.2 Å². The van der Waals surface area contributed by atoms with Crippen LogP contribution in [0.25, 0.3) is 43.9 Å². The van der Waals surface area contributed by atoms with Gasteiger partial charge in [0, 0.05) is 53.2 Å². The van der Waals surface area contributed by atoms with Crippen LogP contribution in [-0.4, -0.2) is 0 Å². The van der Waals surface area contributed by atoms with Gasteiger partial charge in [-0.15, -0.1) is 0 Å². The Bertz CT molecular complexity index is 2710. The fourth-order valence-corrected chi connectivity index (χ4v) is 9.58. The fourth-order valence-electron chi connectivity index (χ4n) is 8.69. The smallest absolute Gasteiger partial charge is 0.159 e. The first kappa shape index (κ1) is 40.1. The van der Waals surface area contributed by atoms with Crippen LogP contribution in [0.3, 0.4) is 0 Å². The molecule has 2 aromatic heterocycles. The maximum atomic E-state index is 6.69. The third-order valence-electron chi connectivity index (χ3n) is 11.8. The molecular formula is C54H50Br2N2O2. The van der Waals surface area contributed by atoms with E-state index < -0.39 is 0 Å². The molecule has 302 valence electrons. The van der Waals surface area contributed by atoms with Gasteiger partial charge in [0.2, 0.25) is 0 Å². The van der Waals surface area contributed by atoms with Gasteiger partial charge in [0.1, 0.15) is 11.2 Å². The van der Waals surface area contributed by atoms with Gasteiger partial charge in [-0.2, -0.15) is 0 Å². The molecule has 2 heterocycles. The molecule has 0 fully saturated rings. The van der Waals surface area contributed by atoms with E-state index in [2.05, 4.69) is 189 Å². The van der Waals surface area contributed by atoms with Crippen LogP contribution in [0.1, 0.15) is 76.3 Å². The van der Waals surface area contributed by atoms with Crippen molar-refractivity contribution in [1.82, 2.24) is 0 Å². The van der Waals surface area contributed by atoms with Crippen molar-refractivity contribution in [3.63, 3.8) is 0 Å². The molecule has 0 aliphatic rings. The normalized spacial score (nSPS) is 11.7. The Morgan fingerprint density at radius 2 is 0.800 bits per heavy atom. The average Bonchev–Trinajstić information content (AvgIpc) is 3.86. The van der Waals surface area contributed by atoms with Crippen molar-refractivity contribution in [2.75, 3.05) is 9.80 Å². The third kappa shape index (κ3) is 8.00. The largest absolute Gasteiger partial charge is 0.454 e. The summed E-state index contributed by atoms with van der Waals surface area (Å²) in [6, 6.07) is 52.2. The molecule has 0 spiro atoms. The lowest BCUT2D eigenvalue weighted by Crippen LogP contribution is -2.13. The highest BCUT2D eigenvalue weighted by molar-refractivity contribution is 9.10. The zero-order valence-corrected chi connectivity index (χ0v) is 37.6. The number of hydrogen-bond acceptors (Lipinski definition) is 4. The topological polar surface area (TPSA) is 32.8 Å². The first-order chi connectivity index (χ1) is 29.5. The van der Waals surface area contributed by atoms with Crippen molar-refractivity contribution in [3.05, 3.63) is 166 Å². The SMILES string of the molecule is CCCCCCc1cc(N(c2ccc(N(c3ccc(Br)c(CCCCCC)c3)c3cccc4c3oc3ccccc34)cc2)c2cccc3c2oc2ccccc23)ccc1Br. The van der Waals surface area contributed by atoms with E-state index in [0.29, 0.717) is 0 Å². The van der Waals surface area contributed by atoms with Crippen LogP contribution < -0.4 is 9.80 Å². The predicted octanol–water partition coefficient (Wildman–Crippen LogP) is 18.2. The number of unbranched alkanes of at least 4 members (excludes halogenated alkanes) is 6. The highest BCUT2D eigenvalue weighted by atomic mass is 79.9. The van der Waals surface area contributed by atoms with Crippen molar-refractivity contribution < 1.29 is 8.83 Å². The van der Waals surface area contributed by atoms with Crippen molar-refractivity contribution in [3.8, 4) is 0 Å². The molecule has 0 radical (unpaired) electrons. The Balaban J connectivity index is 1.19. The summed E-state index contributed by atoms with van der Waals surface area (Å²) < 4.78 is 15.7. The standard InChI is InChI=1S/C54H50Br2N2O2/c1-3-5-7-9-17-37-35-41(31-33-47(37)55)57(49-23-15-21-45-43-19-11-13-25-51(43)59-53(45)49)39-27-29-40(30-28-39)58(42-32-34-48(56)38(36-42)18-10-8-6-4-2)50-24-16-22-46-44-20-12-14-26-52(44)60-54(46)50/h11-16,19-36H,3-10,17-18H2,1-2H3. The minimum absolute atomic E-state index is 0.870. The molecule has 6 heteroatoms. The van der Waals surface area contributed by atoms with E-state index in [9.17, 15) is 0 Å². The molecular weight excluding hydrogens is 868 g/mol. The van der Waals surface area contributed by atoms with E-state index in [-0.39, 0.29) is 0 Å². The van der Waals surface area contributed by atoms with Crippen LogP contribution in [0, 0.1) is 0 Å². The van der Waals surface area contributed by atoms with Gasteiger partial charge in [-0.3, -0.25) is 0 Å². The Morgan fingerprint density at radius 3 is 1.23 bits per heavy atom. The average molecular weight is 919 g/mol. The second-order valence-electron chi connectivity index (χ2n) is 15.9. The number of halogens is 2. The van der Waals surface area contributed by atoms with E-state index in [4.69, 9.17) is 8.83 Å². The number of benzene rings is 7. The maximum Gasteiger partial charge on any atom is 0.159 e. The highest BCUT2D eigenvalue weighted by Gasteiger charge is 2.23. The van der Waals surface area contributed by atoms with Crippen molar-refractivity contribution in [1.29, 1.82) is 0 Å².